The van der Waals surface area contributed by atoms with E-state index < -0.39 is 0 Å². The molecule has 2 fully saturated rings. The van der Waals surface area contributed by atoms with Gasteiger partial charge in [-0.25, -0.2) is 0 Å². The fourth-order valence-electron chi connectivity index (χ4n) is 3.12. The summed E-state index contributed by atoms with van der Waals surface area (Å²) < 4.78 is 0. The highest BCUT2D eigenvalue weighted by molar-refractivity contribution is 6.30. The van der Waals surface area contributed by atoms with Crippen LogP contribution in [0.1, 0.15) is 24.3 Å². The van der Waals surface area contributed by atoms with Gasteiger partial charge in [-0.2, -0.15) is 5.26 Å². The minimum Gasteiger partial charge on any atom is -0.341 e. The van der Waals surface area contributed by atoms with Gasteiger partial charge in [-0.3, -0.25) is 4.79 Å². The standard InChI is InChI=1S/C16H18ClN3O/c17-15-3-1-2-13(7-15)14-9-20(10-14)16(21)6-12-4-5-19(8-12)11-18/h1-3,7,12,14H,4-6,8-10H2/t12-/m0/s1. The third kappa shape index (κ3) is 3.14. The van der Waals surface area contributed by atoms with E-state index in [-0.39, 0.29) is 5.91 Å². The molecule has 0 unspecified atom stereocenters. The largest absolute Gasteiger partial charge is 0.341 e. The van der Waals surface area contributed by atoms with E-state index in [4.69, 9.17) is 16.9 Å². The number of hydrogen-bond acceptors (Lipinski definition) is 3. The van der Waals surface area contributed by atoms with Gasteiger partial charge in [-0.05, 0) is 30.0 Å². The first-order valence-corrected chi connectivity index (χ1v) is 7.71. The average molecular weight is 304 g/mol. The summed E-state index contributed by atoms with van der Waals surface area (Å²) in [5.41, 5.74) is 1.21. The maximum atomic E-state index is 12.2. The van der Waals surface area contributed by atoms with Crippen LogP contribution in [0.3, 0.4) is 0 Å². The van der Waals surface area contributed by atoms with Gasteiger partial charge < -0.3 is 9.80 Å². The molecule has 4 nitrogen and oxygen atoms in total. The molecule has 2 saturated heterocycles. The Morgan fingerprint density at radius 3 is 2.86 bits per heavy atom. The van der Waals surface area contributed by atoms with Crippen LogP contribution >= 0.6 is 11.6 Å². The second-order valence-corrected chi connectivity index (χ2v) is 6.39. The molecule has 3 rings (SSSR count). The Hall–Kier alpha value is -1.73. The van der Waals surface area contributed by atoms with Crippen molar-refractivity contribution in [2.24, 2.45) is 5.92 Å². The minimum absolute atomic E-state index is 0.220. The van der Waals surface area contributed by atoms with Crippen molar-refractivity contribution in [1.29, 1.82) is 5.26 Å². The van der Waals surface area contributed by atoms with Gasteiger partial charge in [0, 0.05) is 43.5 Å². The Bertz CT molecular complexity index is 577. The quantitative estimate of drug-likeness (QED) is 0.806. The molecule has 0 spiro atoms. The molecule has 0 aliphatic carbocycles. The summed E-state index contributed by atoms with van der Waals surface area (Å²) in [6.45, 7) is 3.09. The van der Waals surface area contributed by atoms with Crippen LogP contribution < -0.4 is 0 Å². The summed E-state index contributed by atoms with van der Waals surface area (Å²) in [7, 11) is 0. The third-order valence-corrected chi connectivity index (χ3v) is 4.68. The molecule has 5 heteroatoms. The van der Waals surface area contributed by atoms with Crippen LogP contribution in [0.15, 0.2) is 24.3 Å². The number of amides is 1. The number of likely N-dealkylation sites (tertiary alicyclic amines) is 2. The highest BCUT2D eigenvalue weighted by atomic mass is 35.5. The van der Waals surface area contributed by atoms with Gasteiger partial charge in [-0.1, -0.05) is 23.7 Å². The zero-order chi connectivity index (χ0) is 14.8. The fraction of sp³-hybridized carbons (Fsp3) is 0.500. The smallest absolute Gasteiger partial charge is 0.222 e. The maximum Gasteiger partial charge on any atom is 0.222 e. The Balaban J connectivity index is 1.48. The van der Waals surface area contributed by atoms with Gasteiger partial charge in [0.2, 0.25) is 5.91 Å². The van der Waals surface area contributed by atoms with Crippen LogP contribution in [0, 0.1) is 17.4 Å². The predicted molar refractivity (Wildman–Crippen MR) is 80.7 cm³/mol. The summed E-state index contributed by atoms with van der Waals surface area (Å²) in [4.78, 5) is 15.9. The van der Waals surface area contributed by atoms with Crippen LogP contribution in [-0.2, 0) is 4.79 Å². The molecule has 2 heterocycles. The molecule has 0 aromatic heterocycles. The van der Waals surface area contributed by atoms with Crippen LogP contribution in [0.5, 0.6) is 0 Å². The molecule has 0 radical (unpaired) electrons. The third-order valence-electron chi connectivity index (χ3n) is 4.44. The van der Waals surface area contributed by atoms with E-state index in [1.165, 1.54) is 5.56 Å². The Kier molecular flexibility index (Phi) is 4.03. The number of benzene rings is 1. The molecular weight excluding hydrogens is 286 g/mol. The summed E-state index contributed by atoms with van der Waals surface area (Å²) in [5.74, 6) is 0.965. The van der Waals surface area contributed by atoms with E-state index in [2.05, 4.69) is 12.3 Å². The minimum atomic E-state index is 0.220. The normalized spacial score (nSPS) is 22.0. The lowest BCUT2D eigenvalue weighted by Gasteiger charge is -2.40. The van der Waals surface area contributed by atoms with Crippen molar-refractivity contribution in [2.45, 2.75) is 18.8 Å². The average Bonchev–Trinajstić information content (AvgIpc) is 2.84. The predicted octanol–water partition coefficient (Wildman–Crippen LogP) is 2.46. The first-order chi connectivity index (χ1) is 10.2. The van der Waals surface area contributed by atoms with Gasteiger partial charge in [0.15, 0.2) is 6.19 Å². The molecule has 21 heavy (non-hydrogen) atoms. The van der Waals surface area contributed by atoms with E-state index in [1.807, 2.05) is 23.1 Å². The second-order valence-electron chi connectivity index (χ2n) is 5.96. The van der Waals surface area contributed by atoms with Crippen LogP contribution in [-0.4, -0.2) is 41.9 Å². The zero-order valence-electron chi connectivity index (χ0n) is 11.8. The fourth-order valence-corrected chi connectivity index (χ4v) is 3.32. The number of nitriles is 1. The first kappa shape index (κ1) is 14.2. The molecule has 0 bridgehead atoms. The van der Waals surface area contributed by atoms with Crippen molar-refractivity contribution < 1.29 is 4.79 Å². The lowest BCUT2D eigenvalue weighted by molar-refractivity contribution is -0.136. The van der Waals surface area contributed by atoms with Crippen molar-refractivity contribution >= 4 is 17.5 Å². The summed E-state index contributed by atoms with van der Waals surface area (Å²) in [6, 6.07) is 7.88. The number of halogens is 1. The highest BCUT2D eigenvalue weighted by Gasteiger charge is 2.33. The van der Waals surface area contributed by atoms with Crippen molar-refractivity contribution in [1.82, 2.24) is 9.80 Å². The monoisotopic (exact) mass is 303 g/mol. The number of carbonyl (C=O) groups excluding carboxylic acids is 1. The molecular formula is C16H18ClN3O. The van der Waals surface area contributed by atoms with Crippen LogP contribution in [0.25, 0.3) is 0 Å². The summed E-state index contributed by atoms with van der Waals surface area (Å²) in [5, 5.41) is 9.59. The molecule has 2 aliphatic heterocycles. The number of nitrogens with zero attached hydrogens (tertiary/aromatic N) is 3. The molecule has 1 amide bonds. The zero-order valence-corrected chi connectivity index (χ0v) is 12.6. The van der Waals surface area contributed by atoms with Gasteiger partial charge >= 0.3 is 0 Å². The Morgan fingerprint density at radius 2 is 2.19 bits per heavy atom. The van der Waals surface area contributed by atoms with Crippen molar-refractivity contribution in [3.05, 3.63) is 34.9 Å². The summed E-state index contributed by atoms with van der Waals surface area (Å²) in [6.07, 6.45) is 3.67. The Labute approximate surface area is 129 Å². The summed E-state index contributed by atoms with van der Waals surface area (Å²) >= 11 is 6.00. The van der Waals surface area contributed by atoms with Gasteiger partial charge in [-0.15, -0.1) is 0 Å². The van der Waals surface area contributed by atoms with Crippen molar-refractivity contribution in [3.8, 4) is 6.19 Å². The van der Waals surface area contributed by atoms with Crippen LogP contribution in [0.4, 0.5) is 0 Å². The number of rotatable bonds is 3. The molecule has 1 atom stereocenters. The van der Waals surface area contributed by atoms with E-state index in [1.54, 1.807) is 4.90 Å². The second kappa shape index (κ2) is 5.95. The van der Waals surface area contributed by atoms with E-state index >= 15 is 0 Å². The molecule has 0 saturated carbocycles. The SMILES string of the molecule is N#CN1CC[C@@H](CC(=O)N2CC(c3cccc(Cl)c3)C2)C1. The van der Waals surface area contributed by atoms with Crippen molar-refractivity contribution in [3.63, 3.8) is 0 Å². The number of hydrogen-bond donors (Lipinski definition) is 0. The van der Waals surface area contributed by atoms with Gasteiger partial charge in [0.25, 0.3) is 0 Å². The van der Waals surface area contributed by atoms with Gasteiger partial charge in [0.1, 0.15) is 0 Å². The molecule has 0 N–H and O–H groups in total. The molecule has 2 aliphatic rings. The molecule has 1 aromatic rings. The maximum absolute atomic E-state index is 12.2. The van der Waals surface area contributed by atoms with E-state index in [9.17, 15) is 4.79 Å². The van der Waals surface area contributed by atoms with Gasteiger partial charge in [0.05, 0.1) is 0 Å². The molecule has 110 valence electrons. The number of carbonyl (C=O) groups is 1. The highest BCUT2D eigenvalue weighted by Crippen LogP contribution is 2.30. The lowest BCUT2D eigenvalue weighted by Crippen LogP contribution is -2.48. The van der Waals surface area contributed by atoms with E-state index in [0.29, 0.717) is 18.3 Å². The topological polar surface area (TPSA) is 47.3 Å². The van der Waals surface area contributed by atoms with Crippen molar-refractivity contribution in [2.75, 3.05) is 26.2 Å². The van der Waals surface area contributed by atoms with Crippen LogP contribution in [0.2, 0.25) is 5.02 Å². The Morgan fingerprint density at radius 1 is 1.38 bits per heavy atom. The first-order valence-electron chi connectivity index (χ1n) is 7.33. The molecule has 1 aromatic carbocycles. The lowest BCUT2D eigenvalue weighted by atomic mass is 9.90. The van der Waals surface area contributed by atoms with E-state index in [0.717, 1.165) is 37.6 Å².